The summed E-state index contributed by atoms with van der Waals surface area (Å²) in [5, 5.41) is 9.16. The summed E-state index contributed by atoms with van der Waals surface area (Å²) in [7, 11) is 3.18. The van der Waals surface area contributed by atoms with Gasteiger partial charge in [-0.2, -0.15) is 0 Å². The molecule has 0 bridgehead atoms. The van der Waals surface area contributed by atoms with E-state index in [4.69, 9.17) is 0 Å². The van der Waals surface area contributed by atoms with Gasteiger partial charge in [0, 0.05) is 14.1 Å². The van der Waals surface area contributed by atoms with Crippen molar-refractivity contribution in [1.29, 1.82) is 0 Å². The largest absolute Gasteiger partial charge is 0.350 e. The van der Waals surface area contributed by atoms with E-state index in [0.29, 0.717) is 0 Å². The Kier molecular flexibility index (Phi) is 1.96. The molecule has 0 aliphatic heterocycles. The second-order valence-corrected chi connectivity index (χ2v) is 3.10. The Morgan fingerprint density at radius 2 is 2.27 bits per heavy atom. The number of fused-ring (bicyclic) bond motifs is 1. The molecule has 0 unspecified atom stereocenters. The van der Waals surface area contributed by atoms with Crippen molar-refractivity contribution in [2.75, 3.05) is 14.1 Å². The number of carbonyl (C=O) groups excluding carboxylic acids is 1. The van der Waals surface area contributed by atoms with Crippen LogP contribution in [0.4, 0.5) is 0 Å². The highest BCUT2D eigenvalue weighted by atomic mass is 16.2. The summed E-state index contributed by atoms with van der Waals surface area (Å²) < 4.78 is 1.13. The first-order chi connectivity index (χ1) is 7.11. The second-order valence-electron chi connectivity index (χ2n) is 3.10. The van der Waals surface area contributed by atoms with Crippen LogP contribution in [0.15, 0.2) is 11.1 Å². The fraction of sp³-hybridized carbons (Fsp3) is 0.286. The normalized spacial score (nSPS) is 10.5. The Balaban J connectivity index is 2.70. The highest BCUT2D eigenvalue weighted by molar-refractivity contribution is 5.97. The molecule has 15 heavy (non-hydrogen) atoms. The van der Waals surface area contributed by atoms with E-state index >= 15 is 0 Å². The number of rotatable bonds is 1. The van der Waals surface area contributed by atoms with Gasteiger partial charge < -0.3 is 4.90 Å². The van der Waals surface area contributed by atoms with Crippen molar-refractivity contribution >= 4 is 11.6 Å². The van der Waals surface area contributed by atoms with Crippen molar-refractivity contribution < 1.29 is 4.79 Å². The lowest BCUT2D eigenvalue weighted by Crippen LogP contribution is -2.24. The summed E-state index contributed by atoms with van der Waals surface area (Å²) in [6.45, 7) is 0. The van der Waals surface area contributed by atoms with E-state index in [1.54, 1.807) is 14.1 Å². The van der Waals surface area contributed by atoms with Crippen molar-refractivity contribution in [3.63, 3.8) is 0 Å². The molecule has 0 aromatic carbocycles. The summed E-state index contributed by atoms with van der Waals surface area (Å²) >= 11 is 0. The highest BCUT2D eigenvalue weighted by Crippen LogP contribution is 2.04. The van der Waals surface area contributed by atoms with Crippen LogP contribution in [0.25, 0.3) is 5.65 Å². The number of amides is 1. The molecule has 78 valence electrons. The number of hydrogen-bond acceptors (Lipinski definition) is 5. The van der Waals surface area contributed by atoms with Crippen LogP contribution in [0.3, 0.4) is 0 Å². The molecule has 2 aromatic rings. The summed E-state index contributed by atoms with van der Waals surface area (Å²) in [5.74, 6) is -0.322. The van der Waals surface area contributed by atoms with Crippen LogP contribution in [-0.2, 0) is 0 Å². The first-order valence-corrected chi connectivity index (χ1v) is 4.11. The van der Waals surface area contributed by atoms with Gasteiger partial charge in [-0.3, -0.25) is 4.79 Å². The standard InChI is InChI=1S/C7H8N6O2/c1-12(2)6(14)4-5-9-11-10-7(15)13(5)3-8-4/h3H,1-2H3,(H,9,10,15). The van der Waals surface area contributed by atoms with Crippen LogP contribution >= 0.6 is 0 Å². The predicted octanol–water partition coefficient (Wildman–Crippen LogP) is -1.49. The predicted molar refractivity (Wildman–Crippen MR) is 49.4 cm³/mol. The number of aromatic nitrogens is 5. The number of imidazole rings is 1. The molecular formula is C7H8N6O2. The number of aromatic amines is 1. The Morgan fingerprint density at radius 3 is 2.93 bits per heavy atom. The van der Waals surface area contributed by atoms with Crippen molar-refractivity contribution in [1.82, 2.24) is 29.7 Å². The van der Waals surface area contributed by atoms with Gasteiger partial charge in [-0.25, -0.2) is 19.3 Å². The monoisotopic (exact) mass is 208 g/mol. The Morgan fingerprint density at radius 1 is 1.53 bits per heavy atom. The van der Waals surface area contributed by atoms with Gasteiger partial charge in [0.1, 0.15) is 6.33 Å². The first kappa shape index (κ1) is 9.31. The Bertz CT molecular complexity index is 568. The van der Waals surface area contributed by atoms with Crippen LogP contribution in [0.5, 0.6) is 0 Å². The molecule has 0 radical (unpaired) electrons. The van der Waals surface area contributed by atoms with Gasteiger partial charge in [0.15, 0.2) is 11.3 Å². The van der Waals surface area contributed by atoms with Gasteiger partial charge in [-0.1, -0.05) is 5.21 Å². The average Bonchev–Trinajstić information content (AvgIpc) is 2.61. The molecule has 1 N–H and O–H groups in total. The maximum absolute atomic E-state index is 11.6. The lowest BCUT2D eigenvalue weighted by molar-refractivity contribution is 0.0824. The van der Waals surface area contributed by atoms with Gasteiger partial charge in [0.25, 0.3) is 5.91 Å². The number of nitrogens with one attached hydrogen (secondary N) is 1. The molecule has 0 fully saturated rings. The summed E-state index contributed by atoms with van der Waals surface area (Å²) in [4.78, 5) is 28.0. The molecular weight excluding hydrogens is 200 g/mol. The summed E-state index contributed by atoms with van der Waals surface area (Å²) in [5.41, 5.74) is -0.221. The topological polar surface area (TPSA) is 96.2 Å². The molecule has 8 nitrogen and oxygen atoms in total. The fourth-order valence-corrected chi connectivity index (χ4v) is 1.12. The number of H-pyrrole nitrogens is 1. The molecule has 0 saturated heterocycles. The lowest BCUT2D eigenvalue weighted by atomic mass is 10.4. The average molecular weight is 208 g/mol. The van der Waals surface area contributed by atoms with Gasteiger partial charge in [0.05, 0.1) is 0 Å². The third-order valence-corrected chi connectivity index (χ3v) is 1.86. The van der Waals surface area contributed by atoms with E-state index in [-0.39, 0.29) is 17.2 Å². The SMILES string of the molecule is CN(C)C(=O)c1ncn2c(=O)[nH]nnc12. The van der Waals surface area contributed by atoms with Gasteiger partial charge in [-0.15, -0.1) is 5.10 Å². The van der Waals surface area contributed by atoms with Gasteiger partial charge in [0.2, 0.25) is 0 Å². The lowest BCUT2D eigenvalue weighted by Gasteiger charge is -2.06. The maximum atomic E-state index is 11.6. The maximum Gasteiger partial charge on any atom is 0.350 e. The zero-order chi connectivity index (χ0) is 11.0. The second kappa shape index (κ2) is 3.15. The molecule has 8 heteroatoms. The minimum atomic E-state index is -0.481. The van der Waals surface area contributed by atoms with Crippen molar-refractivity contribution in [2.24, 2.45) is 0 Å². The van der Waals surface area contributed by atoms with E-state index in [1.807, 2.05) is 0 Å². The van der Waals surface area contributed by atoms with E-state index < -0.39 is 5.69 Å². The van der Waals surface area contributed by atoms with Gasteiger partial charge >= 0.3 is 5.69 Å². The van der Waals surface area contributed by atoms with Crippen LogP contribution in [0, 0.1) is 0 Å². The van der Waals surface area contributed by atoms with Crippen molar-refractivity contribution in [3.05, 3.63) is 22.5 Å². The van der Waals surface area contributed by atoms with Crippen molar-refractivity contribution in [2.45, 2.75) is 0 Å². The highest BCUT2D eigenvalue weighted by Gasteiger charge is 2.17. The Labute approximate surface area is 83.5 Å². The third kappa shape index (κ3) is 1.35. The van der Waals surface area contributed by atoms with Crippen LogP contribution in [0.1, 0.15) is 10.5 Å². The quantitative estimate of drug-likeness (QED) is 0.616. The molecule has 0 aliphatic carbocycles. The number of carbonyl (C=O) groups is 1. The molecule has 0 atom stereocenters. The molecule has 2 aromatic heterocycles. The molecule has 0 aliphatic rings. The van der Waals surface area contributed by atoms with E-state index in [2.05, 4.69) is 20.4 Å². The van der Waals surface area contributed by atoms with E-state index in [1.165, 1.54) is 11.2 Å². The minimum Gasteiger partial charge on any atom is -0.343 e. The Hall–Kier alpha value is -2.25. The molecule has 0 spiro atoms. The first-order valence-electron chi connectivity index (χ1n) is 4.11. The fourth-order valence-electron chi connectivity index (χ4n) is 1.12. The molecule has 2 rings (SSSR count). The van der Waals surface area contributed by atoms with Gasteiger partial charge in [-0.05, 0) is 0 Å². The number of nitrogens with zero attached hydrogens (tertiary/aromatic N) is 5. The number of hydrogen-bond donors (Lipinski definition) is 1. The van der Waals surface area contributed by atoms with Crippen LogP contribution in [-0.4, -0.2) is 49.7 Å². The molecule has 0 saturated carbocycles. The van der Waals surface area contributed by atoms with Crippen LogP contribution < -0.4 is 5.69 Å². The third-order valence-electron chi connectivity index (χ3n) is 1.86. The zero-order valence-electron chi connectivity index (χ0n) is 8.13. The summed E-state index contributed by atoms with van der Waals surface area (Å²) in [6.07, 6.45) is 1.24. The molecule has 1 amide bonds. The van der Waals surface area contributed by atoms with E-state index in [9.17, 15) is 9.59 Å². The zero-order valence-corrected chi connectivity index (χ0v) is 8.13. The summed E-state index contributed by atoms with van der Waals surface area (Å²) in [6, 6.07) is 0. The minimum absolute atomic E-state index is 0.110. The van der Waals surface area contributed by atoms with E-state index in [0.717, 1.165) is 4.40 Å². The molecule has 2 heterocycles. The van der Waals surface area contributed by atoms with Crippen LogP contribution in [0.2, 0.25) is 0 Å². The smallest absolute Gasteiger partial charge is 0.343 e. The van der Waals surface area contributed by atoms with Crippen molar-refractivity contribution in [3.8, 4) is 0 Å².